The molecule has 2 amide bonds. The van der Waals surface area contributed by atoms with Crippen LogP contribution in [0.2, 0.25) is 0 Å². The maximum atomic E-state index is 12.1. The highest BCUT2D eigenvalue weighted by molar-refractivity contribution is 6.37. The smallest absolute Gasteiger partial charge is 0.428 e. The van der Waals surface area contributed by atoms with Crippen LogP contribution in [-0.2, 0) is 52.4 Å². The molecule has 19 nitrogen and oxygen atoms in total. The number of nitrogens with one attached hydrogen (secondary N) is 4. The number of hydrogen-bond donors (Lipinski definition) is 5. The van der Waals surface area contributed by atoms with Gasteiger partial charge < -0.3 is 28.4 Å². The Morgan fingerprint density at radius 2 is 0.884 bits per heavy atom. The van der Waals surface area contributed by atoms with E-state index >= 15 is 0 Å². The largest absolute Gasteiger partial charge is 0.465 e. The average Bonchev–Trinajstić information content (AvgIpc) is 3.30. The quantitative estimate of drug-likeness (QED) is 0.0244. The predicted octanol–water partition coefficient (Wildman–Crippen LogP) is 8.20. The number of hydrogen-bond acceptors (Lipinski definition) is 17. The fraction of sp³-hybridized carbons (Fsp3) is 0.840. The Hall–Kier alpha value is -4.36. The van der Waals surface area contributed by atoms with Crippen LogP contribution in [0, 0.1) is 23.7 Å². The number of carbonyl (C=O) groups is 7. The van der Waals surface area contributed by atoms with E-state index in [1.165, 1.54) is 38.5 Å². The van der Waals surface area contributed by atoms with Crippen molar-refractivity contribution in [3.05, 3.63) is 0 Å². The Kier molecular flexibility index (Phi) is 31.7. The van der Waals surface area contributed by atoms with E-state index < -0.39 is 41.4 Å². The summed E-state index contributed by atoms with van der Waals surface area (Å²) in [6, 6.07) is -0.826. The molecule has 0 radical (unpaired) electrons. The maximum absolute atomic E-state index is 12.1. The maximum Gasteiger partial charge on any atom is 0.428 e. The van der Waals surface area contributed by atoms with Gasteiger partial charge in [-0.05, 0) is 132 Å². The van der Waals surface area contributed by atoms with Crippen molar-refractivity contribution in [1.29, 1.82) is 0 Å². The second-order valence-electron chi connectivity index (χ2n) is 19.8. The van der Waals surface area contributed by atoms with E-state index in [1.807, 2.05) is 6.92 Å². The SMILES string of the molecule is CCOC(=O)C(=NNC(=O)OC(C)(C)C)C1CCCCC1.CCOC(=O)C(=O)C1CCCCC1.CCOC(=O)C(NN)C1CCCCC1.CCOC(=O)C(NNC(=O)OC(C)(C)C)C1CCCCC1. The van der Waals surface area contributed by atoms with Gasteiger partial charge in [0.2, 0.25) is 5.78 Å². The molecule has 398 valence electrons. The number of nitrogens with zero attached hydrogens (tertiary/aromatic N) is 1. The van der Waals surface area contributed by atoms with E-state index in [9.17, 15) is 33.6 Å². The minimum Gasteiger partial charge on any atom is -0.465 e. The molecule has 4 saturated carbocycles. The molecular weight excluding hydrogens is 893 g/mol. The summed E-state index contributed by atoms with van der Waals surface area (Å²) >= 11 is 0. The molecule has 2 atom stereocenters. The second kappa shape index (κ2) is 34.9. The van der Waals surface area contributed by atoms with Gasteiger partial charge in [-0.2, -0.15) is 5.10 Å². The number of carbonyl (C=O) groups excluding carboxylic acids is 7. The van der Waals surface area contributed by atoms with E-state index in [4.69, 9.17) is 29.5 Å². The molecule has 69 heavy (non-hydrogen) atoms. The highest BCUT2D eigenvalue weighted by Gasteiger charge is 2.33. The van der Waals surface area contributed by atoms with Crippen LogP contribution >= 0.6 is 0 Å². The normalized spacial score (nSPS) is 18.3. The number of nitrogens with two attached hydrogens (primary N) is 1. The number of ketones is 1. The van der Waals surface area contributed by atoms with Crippen molar-refractivity contribution in [2.24, 2.45) is 34.6 Å². The molecule has 0 aromatic carbocycles. The van der Waals surface area contributed by atoms with Crippen molar-refractivity contribution < 1.29 is 62.0 Å². The molecule has 0 saturated heterocycles. The topological polar surface area (TPSA) is 261 Å². The standard InChI is InChI=1S/C15H28N2O4.C15H26N2O4.C10H20N2O2.C10H16O3/c2*1-5-20-13(18)12(11-9-7-6-8-10-11)16-17-14(19)21-15(2,3)4;1-2-14-10(13)9(12-11)8-6-4-3-5-7-8;1-2-13-10(12)9(11)8-6-4-3-5-7-8/h11-12,16H,5-10H2,1-4H3,(H,17,19);11H,5-10H2,1-4H3,(H,17,19);8-9,12H,2-7,11H2,1H3;8H,2-7H2,1H3. The first-order chi connectivity index (χ1) is 32.7. The average molecular weight is 983 g/mol. The zero-order valence-corrected chi connectivity index (χ0v) is 43.8. The Morgan fingerprint density at radius 1 is 0.507 bits per heavy atom. The highest BCUT2D eigenvalue weighted by Crippen LogP contribution is 2.29. The summed E-state index contributed by atoms with van der Waals surface area (Å²) in [6.45, 7) is 19.0. The van der Waals surface area contributed by atoms with Crippen LogP contribution in [0.1, 0.15) is 198 Å². The lowest BCUT2D eigenvalue weighted by molar-refractivity contribution is -0.155. The first-order valence-electron chi connectivity index (χ1n) is 25.7. The monoisotopic (exact) mass is 983 g/mol. The van der Waals surface area contributed by atoms with Crippen molar-refractivity contribution in [3.8, 4) is 0 Å². The van der Waals surface area contributed by atoms with Crippen molar-refractivity contribution in [2.45, 2.75) is 221 Å². The van der Waals surface area contributed by atoms with Gasteiger partial charge in [0.25, 0.3) is 0 Å². The number of Topliss-reactive ketones (excluding diaryl/α,β-unsaturated/α-hetero) is 1. The van der Waals surface area contributed by atoms with Crippen LogP contribution in [0.25, 0.3) is 0 Å². The Bertz CT molecular complexity index is 1560. The van der Waals surface area contributed by atoms with Gasteiger partial charge in [-0.1, -0.05) is 77.0 Å². The third-order valence-electron chi connectivity index (χ3n) is 11.8. The van der Waals surface area contributed by atoms with Crippen LogP contribution in [-0.4, -0.2) is 97.3 Å². The number of esters is 4. The summed E-state index contributed by atoms with van der Waals surface area (Å²) in [7, 11) is 0. The van der Waals surface area contributed by atoms with E-state index in [0.29, 0.717) is 24.8 Å². The zero-order chi connectivity index (χ0) is 51.8. The minimum atomic E-state index is -0.667. The molecule has 0 aromatic heterocycles. The summed E-state index contributed by atoms with van der Waals surface area (Å²) in [5.74, 6) is 3.97. The van der Waals surface area contributed by atoms with Gasteiger partial charge in [-0.25, -0.2) is 35.5 Å². The van der Waals surface area contributed by atoms with Crippen molar-refractivity contribution in [1.82, 2.24) is 21.7 Å². The van der Waals surface area contributed by atoms with E-state index in [1.54, 1.807) is 62.3 Å². The molecule has 0 spiro atoms. The number of rotatable bonds is 16. The lowest BCUT2D eigenvalue weighted by Gasteiger charge is -2.29. The van der Waals surface area contributed by atoms with Gasteiger partial charge in [0.15, 0.2) is 0 Å². The fourth-order valence-electron chi connectivity index (χ4n) is 8.63. The van der Waals surface area contributed by atoms with Gasteiger partial charge in [-0.3, -0.25) is 25.7 Å². The Balaban J connectivity index is 0.000000470. The van der Waals surface area contributed by atoms with E-state index in [0.717, 1.165) is 89.9 Å². The zero-order valence-electron chi connectivity index (χ0n) is 43.8. The van der Waals surface area contributed by atoms with Crippen LogP contribution in [0.3, 0.4) is 0 Å². The molecule has 0 aromatic rings. The first-order valence-corrected chi connectivity index (χ1v) is 25.7. The number of ether oxygens (including phenoxy) is 6. The molecule has 0 aliphatic heterocycles. The third-order valence-corrected chi connectivity index (χ3v) is 11.8. The molecule has 0 bridgehead atoms. The van der Waals surface area contributed by atoms with Crippen LogP contribution in [0.4, 0.5) is 9.59 Å². The van der Waals surface area contributed by atoms with Gasteiger partial charge in [0, 0.05) is 11.8 Å². The van der Waals surface area contributed by atoms with Gasteiger partial charge in [-0.15, -0.1) is 0 Å². The molecule has 4 aliphatic carbocycles. The minimum absolute atomic E-state index is 0.0488. The van der Waals surface area contributed by atoms with Crippen molar-refractivity contribution in [2.75, 3.05) is 26.4 Å². The highest BCUT2D eigenvalue weighted by atomic mass is 16.6. The molecule has 2 unspecified atom stereocenters. The molecule has 4 aliphatic rings. The van der Waals surface area contributed by atoms with Gasteiger partial charge in [0.1, 0.15) is 29.0 Å². The number of amides is 2. The summed E-state index contributed by atoms with van der Waals surface area (Å²) in [4.78, 5) is 81.4. The molecule has 19 heteroatoms. The summed E-state index contributed by atoms with van der Waals surface area (Å²) in [5.41, 5.74) is 9.26. The van der Waals surface area contributed by atoms with Gasteiger partial charge >= 0.3 is 36.1 Å². The van der Waals surface area contributed by atoms with Crippen molar-refractivity contribution >= 4 is 47.6 Å². The third kappa shape index (κ3) is 27.6. The molecular formula is C50H90N6O13. The van der Waals surface area contributed by atoms with E-state index in [2.05, 4.69) is 31.5 Å². The first kappa shape index (κ1) is 62.7. The fourth-order valence-corrected chi connectivity index (χ4v) is 8.63. The Morgan fingerprint density at radius 3 is 1.30 bits per heavy atom. The second-order valence-corrected chi connectivity index (χ2v) is 19.8. The Labute approximate surface area is 412 Å². The predicted molar refractivity (Wildman–Crippen MR) is 262 cm³/mol. The van der Waals surface area contributed by atoms with E-state index in [-0.39, 0.29) is 54.7 Å². The number of hydrazine groups is 2. The van der Waals surface area contributed by atoms with Crippen LogP contribution in [0.15, 0.2) is 5.10 Å². The van der Waals surface area contributed by atoms with Crippen molar-refractivity contribution in [3.63, 3.8) is 0 Å². The van der Waals surface area contributed by atoms with Crippen LogP contribution in [0.5, 0.6) is 0 Å². The van der Waals surface area contributed by atoms with Gasteiger partial charge in [0.05, 0.1) is 26.4 Å². The van der Waals surface area contributed by atoms with Crippen LogP contribution < -0.4 is 27.5 Å². The lowest BCUT2D eigenvalue weighted by Crippen LogP contribution is -2.53. The number of hydrazone groups is 1. The lowest BCUT2D eigenvalue weighted by atomic mass is 9.84. The molecule has 6 N–H and O–H groups in total. The molecule has 0 heterocycles. The molecule has 4 rings (SSSR count). The summed E-state index contributed by atoms with van der Waals surface area (Å²) in [5, 5.41) is 3.97. The summed E-state index contributed by atoms with van der Waals surface area (Å²) < 4.78 is 30.0. The summed E-state index contributed by atoms with van der Waals surface area (Å²) in [6.07, 6.45) is 20.0. The molecule has 4 fully saturated rings.